The molecule has 0 saturated carbocycles. The van der Waals surface area contributed by atoms with Gasteiger partial charge >= 0.3 is 61.6 Å². The summed E-state index contributed by atoms with van der Waals surface area (Å²) in [4.78, 5) is 49.2. The van der Waals surface area contributed by atoms with Crippen molar-refractivity contribution in [1.82, 2.24) is 0 Å². The average molecular weight is 1200 g/mol. The number of hydrogen-bond acceptors (Lipinski definition) is 14. The molecule has 81 heavy (non-hydrogen) atoms. The van der Waals surface area contributed by atoms with Crippen LogP contribution in [-0.2, 0) is 39.2 Å². The zero-order chi connectivity index (χ0) is 59.0. The van der Waals surface area contributed by atoms with Crippen molar-refractivity contribution in [3.8, 4) is 0 Å². The van der Waals surface area contributed by atoms with Crippen LogP contribution in [0.4, 0.5) is 0 Å². The van der Waals surface area contributed by atoms with Gasteiger partial charge in [-0.3, -0.25) is 0 Å². The summed E-state index contributed by atoms with van der Waals surface area (Å²) in [5.74, 6) is -4.07. The van der Waals surface area contributed by atoms with Crippen LogP contribution in [0.3, 0.4) is 0 Å². The topological polar surface area (TPSA) is 220 Å². The van der Waals surface area contributed by atoms with Crippen molar-refractivity contribution in [1.29, 1.82) is 0 Å². The minimum atomic E-state index is -5.04. The number of rotatable bonds is 46. The molecule has 2 rings (SSSR count). The van der Waals surface area contributed by atoms with E-state index in [1.54, 1.807) is 24.3 Å². The molecule has 452 valence electrons. The fraction of sp³-hybridized carbons (Fsp3) is 0.625. The third-order valence-electron chi connectivity index (χ3n) is 13.4. The second-order valence-corrected chi connectivity index (χ2v) is 23.1. The van der Waals surface area contributed by atoms with Crippen molar-refractivity contribution in [3.63, 3.8) is 0 Å². The maximum atomic E-state index is 12.8. The molecule has 0 N–H and O–H groups in total. The molecule has 0 fully saturated rings. The Morgan fingerprint density at radius 2 is 0.556 bits per heavy atom. The molecule has 17 heteroatoms. The number of carbonyl (C=O) groups is 4. The fourth-order valence-corrected chi connectivity index (χ4v) is 10.2. The summed E-state index contributed by atoms with van der Waals surface area (Å²) in [6, 6.07) is 6.89. The molecule has 0 radical (unpaired) electrons. The first kappa shape index (κ1) is 77.4. The Morgan fingerprint density at radius 3 is 0.778 bits per heavy atom. The normalized spacial score (nSPS) is 11.7. The van der Waals surface area contributed by atoms with Crippen molar-refractivity contribution in [2.24, 2.45) is 0 Å². The average Bonchev–Trinajstić information content (AvgIpc) is 3.45. The Balaban J connectivity index is 0.00000156. The van der Waals surface area contributed by atoms with Crippen LogP contribution in [0.1, 0.15) is 300 Å². The largest absolute Gasteiger partial charge is 2.00 e. The molecule has 0 aliphatic rings. The first-order valence-electron chi connectivity index (χ1n) is 30.3. The smallest absolute Gasteiger partial charge is 0.744 e. The van der Waals surface area contributed by atoms with E-state index in [2.05, 4.69) is 27.7 Å². The standard InChI is InChI=1S/2C32H50O7S.Ca/c2*1-3-5-7-9-11-13-15-17-19-21-26-38-31(33)28-24-23-25-29(40(35,36)37)30(28)32(34)39-27-22-20-18-16-14-12-10-8-6-4-2;/h2*21-27H,3-20H2,1-2H3,(H,35,36,37);/q;;+2/p-2/b2*26-21+,27-22+;. The molecule has 0 aliphatic heterocycles. The number of ether oxygens (including phenoxy) is 4. The van der Waals surface area contributed by atoms with Gasteiger partial charge in [-0.1, -0.05) is 220 Å². The summed E-state index contributed by atoms with van der Waals surface area (Å²) >= 11 is 0. The maximum absolute atomic E-state index is 12.8. The molecule has 2 aromatic rings. The Morgan fingerprint density at radius 1 is 0.346 bits per heavy atom. The van der Waals surface area contributed by atoms with Crippen molar-refractivity contribution in [2.75, 3.05) is 0 Å². The second-order valence-electron chi connectivity index (χ2n) is 20.4. The minimum absolute atomic E-state index is 0. The molecular formula is C64H98CaO14S2. The van der Waals surface area contributed by atoms with Crippen LogP contribution < -0.4 is 0 Å². The van der Waals surface area contributed by atoms with Crippen LogP contribution in [0, 0.1) is 0 Å². The predicted molar refractivity (Wildman–Crippen MR) is 322 cm³/mol. The van der Waals surface area contributed by atoms with E-state index in [-0.39, 0.29) is 48.9 Å². The van der Waals surface area contributed by atoms with Gasteiger partial charge in [-0.15, -0.1) is 0 Å². The van der Waals surface area contributed by atoms with E-state index in [1.165, 1.54) is 191 Å². The van der Waals surface area contributed by atoms with E-state index in [0.717, 1.165) is 89.2 Å². The molecule has 2 aromatic carbocycles. The number of hydrogen-bond donors (Lipinski definition) is 0. The van der Waals surface area contributed by atoms with Gasteiger partial charge in [0.1, 0.15) is 20.2 Å². The monoisotopic (exact) mass is 1190 g/mol. The summed E-state index contributed by atoms with van der Waals surface area (Å²) in [6.07, 6.45) is 52.4. The Hall–Kier alpha value is -3.64. The zero-order valence-electron chi connectivity index (χ0n) is 49.8. The number of benzene rings is 2. The minimum Gasteiger partial charge on any atom is -0.744 e. The van der Waals surface area contributed by atoms with E-state index in [0.29, 0.717) is 12.8 Å². The van der Waals surface area contributed by atoms with Gasteiger partial charge in [0.25, 0.3) is 0 Å². The van der Waals surface area contributed by atoms with Crippen LogP contribution in [0.2, 0.25) is 0 Å². The van der Waals surface area contributed by atoms with Crippen molar-refractivity contribution < 1.29 is 64.1 Å². The van der Waals surface area contributed by atoms with E-state index in [4.69, 9.17) is 18.9 Å². The van der Waals surface area contributed by atoms with Crippen molar-refractivity contribution in [3.05, 3.63) is 108 Å². The maximum Gasteiger partial charge on any atom is 2.00 e. The Labute approximate surface area is 518 Å². The SMILES string of the molecule is CCCCCCCCCC/C=C/OC(=O)c1cccc(S(=O)(=O)[O-])c1C(=O)O/C=C/CCCCCCCCCC.CCCCCCCCCC/C=C/OC(=O)c1cccc(S(=O)(=O)[O-])c1C(=O)O/C=C/CCCCCCCCCC.[Ca+2]. The molecule has 0 heterocycles. The molecule has 0 saturated heterocycles. The third kappa shape index (κ3) is 38.8. The number of esters is 4. The van der Waals surface area contributed by atoms with Crippen LogP contribution >= 0.6 is 0 Å². The molecule has 0 aliphatic carbocycles. The summed E-state index contributed by atoms with van der Waals surface area (Å²) in [6.45, 7) is 8.79. The van der Waals surface area contributed by atoms with Crippen LogP contribution in [0.5, 0.6) is 0 Å². The first-order valence-corrected chi connectivity index (χ1v) is 33.1. The summed E-state index contributed by atoms with van der Waals surface area (Å²) in [5.41, 5.74) is -1.91. The van der Waals surface area contributed by atoms with Crippen LogP contribution in [-0.4, -0.2) is 87.6 Å². The summed E-state index contributed by atoms with van der Waals surface area (Å²) < 4.78 is 91.3. The van der Waals surface area contributed by atoms with Crippen molar-refractivity contribution in [2.45, 2.75) is 269 Å². The van der Waals surface area contributed by atoms with E-state index < -0.39 is 65.0 Å². The van der Waals surface area contributed by atoms with E-state index >= 15 is 0 Å². The molecule has 0 bridgehead atoms. The predicted octanol–water partition coefficient (Wildman–Crippen LogP) is 17.6. The van der Waals surface area contributed by atoms with Gasteiger partial charge in [-0.25, -0.2) is 36.0 Å². The molecule has 0 unspecified atom stereocenters. The third-order valence-corrected chi connectivity index (χ3v) is 15.2. The van der Waals surface area contributed by atoms with Crippen molar-refractivity contribution >= 4 is 81.9 Å². The van der Waals surface area contributed by atoms with Gasteiger partial charge in [-0.2, -0.15) is 0 Å². The summed E-state index contributed by atoms with van der Waals surface area (Å²) in [7, 11) is -10.1. The quantitative estimate of drug-likeness (QED) is 0.0150. The van der Waals surface area contributed by atoms with Crippen LogP contribution in [0.15, 0.2) is 95.5 Å². The van der Waals surface area contributed by atoms with Gasteiger partial charge in [0, 0.05) is 0 Å². The molecule has 0 atom stereocenters. The van der Waals surface area contributed by atoms with Gasteiger partial charge in [-0.05, 0) is 99.9 Å². The number of unbranched alkanes of at least 4 members (excludes halogenated alkanes) is 32. The molecule has 0 spiro atoms. The molecule has 14 nitrogen and oxygen atoms in total. The zero-order valence-corrected chi connectivity index (χ0v) is 53.6. The summed E-state index contributed by atoms with van der Waals surface area (Å²) in [5, 5.41) is 0. The first-order chi connectivity index (χ1) is 38.6. The van der Waals surface area contributed by atoms with E-state index in [1.807, 2.05) is 0 Å². The number of allylic oxidation sites excluding steroid dienone is 4. The molecular weight excluding hydrogens is 1100 g/mol. The van der Waals surface area contributed by atoms with Gasteiger partial charge in [0.05, 0.1) is 57.1 Å². The Bertz CT molecular complexity index is 2200. The van der Waals surface area contributed by atoms with Gasteiger partial charge in [0.2, 0.25) is 0 Å². The second kappa shape index (κ2) is 50.8. The molecule has 0 amide bonds. The fourth-order valence-electron chi connectivity index (χ4n) is 8.78. The van der Waals surface area contributed by atoms with Crippen LogP contribution in [0.25, 0.3) is 0 Å². The van der Waals surface area contributed by atoms with Gasteiger partial charge < -0.3 is 28.1 Å². The number of carbonyl (C=O) groups excluding carboxylic acids is 4. The Kier molecular flexibility index (Phi) is 48.6. The molecule has 0 aromatic heterocycles. The van der Waals surface area contributed by atoms with Gasteiger partial charge in [0.15, 0.2) is 0 Å². The van der Waals surface area contributed by atoms with E-state index in [9.17, 15) is 45.1 Å².